The fraction of sp³-hybridized carbons (Fsp3) is 0.188. The SMILES string of the molecule is C=C(C)C(=O)OC(=C)c1c(OC(=O)C(=C)C)c(OC(=O)C(=C)C)c(OC(=O)C(=C)C)c(OC(=O)C(=C)C)c1OC(=O)C(=C)C. The molecule has 0 bridgehead atoms. The molecular formula is C32H32O12. The Balaban J connectivity index is 4.69. The van der Waals surface area contributed by atoms with E-state index in [0.717, 1.165) is 0 Å². The molecule has 12 nitrogen and oxygen atoms in total. The summed E-state index contributed by atoms with van der Waals surface area (Å²) < 4.78 is 32.3. The molecule has 0 saturated heterocycles. The normalized spacial score (nSPS) is 9.86. The van der Waals surface area contributed by atoms with Crippen LogP contribution in [0.25, 0.3) is 5.76 Å². The topological polar surface area (TPSA) is 158 Å². The number of hydrogen-bond acceptors (Lipinski definition) is 12. The van der Waals surface area contributed by atoms with Gasteiger partial charge in [0.25, 0.3) is 0 Å². The van der Waals surface area contributed by atoms with Gasteiger partial charge in [0.2, 0.25) is 17.2 Å². The van der Waals surface area contributed by atoms with Gasteiger partial charge in [-0.15, -0.1) is 0 Å². The fourth-order valence-corrected chi connectivity index (χ4v) is 2.51. The largest absolute Gasteiger partial charge is 0.423 e. The van der Waals surface area contributed by atoms with Crippen LogP contribution in [-0.4, -0.2) is 35.8 Å². The van der Waals surface area contributed by atoms with Crippen LogP contribution in [-0.2, 0) is 33.5 Å². The van der Waals surface area contributed by atoms with Gasteiger partial charge < -0.3 is 28.4 Å². The summed E-state index contributed by atoms with van der Waals surface area (Å²) in [6, 6.07) is 0. The highest BCUT2D eigenvalue weighted by Gasteiger charge is 2.38. The summed E-state index contributed by atoms with van der Waals surface area (Å²) in [5.74, 6) is -11.8. The second-order valence-electron chi connectivity index (χ2n) is 9.46. The second kappa shape index (κ2) is 14.9. The van der Waals surface area contributed by atoms with Crippen LogP contribution in [0.15, 0.2) is 79.5 Å². The average molecular weight is 609 g/mol. The molecule has 0 aliphatic heterocycles. The third kappa shape index (κ3) is 9.11. The number of rotatable bonds is 13. The summed E-state index contributed by atoms with van der Waals surface area (Å²) >= 11 is 0. The Morgan fingerprint density at radius 3 is 0.795 bits per heavy atom. The standard InChI is InChI=1S/C32H32O12/c1-14(2)27(33)39-20(13)21-22(40-28(34)15(3)4)24(42-30(36)17(7)8)26(44-32(38)19(11)12)25(43-31(37)18(9)10)23(21)41-29(35)16(5)6/h1,3,5,7,9,11,13H2,2,4,6,8,10,12H3. The summed E-state index contributed by atoms with van der Waals surface area (Å²) in [4.78, 5) is 76.7. The molecular weight excluding hydrogens is 576 g/mol. The van der Waals surface area contributed by atoms with Gasteiger partial charge in [0.15, 0.2) is 11.5 Å². The number of esters is 6. The van der Waals surface area contributed by atoms with Crippen LogP contribution in [0.5, 0.6) is 28.7 Å². The molecule has 0 spiro atoms. The summed E-state index contributed by atoms with van der Waals surface area (Å²) in [6.45, 7) is 32.2. The number of carbonyl (C=O) groups is 6. The number of hydrogen-bond donors (Lipinski definition) is 0. The molecule has 0 atom stereocenters. The lowest BCUT2D eigenvalue weighted by molar-refractivity contribution is -0.135. The van der Waals surface area contributed by atoms with E-state index >= 15 is 0 Å². The van der Waals surface area contributed by atoms with E-state index in [4.69, 9.17) is 28.4 Å². The maximum atomic E-state index is 12.9. The van der Waals surface area contributed by atoms with E-state index in [1.54, 1.807) is 0 Å². The van der Waals surface area contributed by atoms with Crippen molar-refractivity contribution in [3.63, 3.8) is 0 Å². The third-order valence-corrected chi connectivity index (χ3v) is 4.84. The van der Waals surface area contributed by atoms with Crippen LogP contribution in [0.1, 0.15) is 47.1 Å². The van der Waals surface area contributed by atoms with Crippen molar-refractivity contribution in [2.24, 2.45) is 0 Å². The Morgan fingerprint density at radius 1 is 0.364 bits per heavy atom. The fourth-order valence-electron chi connectivity index (χ4n) is 2.51. The van der Waals surface area contributed by atoms with Crippen molar-refractivity contribution in [2.75, 3.05) is 0 Å². The first-order chi connectivity index (χ1) is 20.2. The van der Waals surface area contributed by atoms with Crippen LogP contribution < -0.4 is 23.7 Å². The van der Waals surface area contributed by atoms with Crippen LogP contribution >= 0.6 is 0 Å². The highest BCUT2D eigenvalue weighted by molar-refractivity contribution is 6.00. The molecule has 0 saturated carbocycles. The van der Waals surface area contributed by atoms with Gasteiger partial charge in [0, 0.05) is 33.4 Å². The predicted molar refractivity (Wildman–Crippen MR) is 159 cm³/mol. The van der Waals surface area contributed by atoms with Gasteiger partial charge in [-0.2, -0.15) is 0 Å². The molecule has 0 amide bonds. The van der Waals surface area contributed by atoms with Gasteiger partial charge in [0.05, 0.1) is 0 Å². The van der Waals surface area contributed by atoms with Gasteiger partial charge in [0.1, 0.15) is 11.3 Å². The van der Waals surface area contributed by atoms with Crippen molar-refractivity contribution in [1.82, 2.24) is 0 Å². The first-order valence-corrected chi connectivity index (χ1v) is 12.4. The molecule has 0 heterocycles. The molecule has 0 unspecified atom stereocenters. The monoisotopic (exact) mass is 608 g/mol. The third-order valence-electron chi connectivity index (χ3n) is 4.84. The zero-order valence-electron chi connectivity index (χ0n) is 25.3. The molecule has 12 heteroatoms. The minimum absolute atomic E-state index is 0.109. The molecule has 0 N–H and O–H groups in total. The first-order valence-electron chi connectivity index (χ1n) is 12.4. The van der Waals surface area contributed by atoms with Crippen molar-refractivity contribution < 1.29 is 57.2 Å². The molecule has 1 rings (SSSR count). The maximum Gasteiger partial charge on any atom is 0.338 e. The van der Waals surface area contributed by atoms with Gasteiger partial charge in [-0.1, -0.05) is 46.1 Å². The Bertz CT molecular complexity index is 1500. The number of ether oxygens (including phenoxy) is 6. The minimum atomic E-state index is -1.15. The van der Waals surface area contributed by atoms with Crippen LogP contribution in [0.4, 0.5) is 0 Å². The Labute approximate surface area is 254 Å². The zero-order chi connectivity index (χ0) is 34.2. The molecule has 0 aliphatic carbocycles. The van der Waals surface area contributed by atoms with E-state index in [2.05, 4.69) is 46.1 Å². The lowest BCUT2D eigenvalue weighted by Crippen LogP contribution is -2.21. The number of benzene rings is 1. The van der Waals surface area contributed by atoms with E-state index < -0.39 is 75.9 Å². The molecule has 1 aromatic rings. The Hall–Kier alpha value is -5.78. The smallest absolute Gasteiger partial charge is 0.338 e. The minimum Gasteiger partial charge on any atom is -0.423 e. The molecule has 0 aliphatic rings. The first kappa shape index (κ1) is 36.2. The van der Waals surface area contributed by atoms with Crippen LogP contribution in [0.2, 0.25) is 0 Å². The van der Waals surface area contributed by atoms with E-state index in [1.165, 1.54) is 41.5 Å². The summed E-state index contributed by atoms with van der Waals surface area (Å²) in [6.07, 6.45) is 0. The molecule has 1 aromatic carbocycles. The molecule has 0 radical (unpaired) electrons. The van der Waals surface area contributed by atoms with E-state index in [1.807, 2.05) is 0 Å². The predicted octanol–water partition coefficient (Wildman–Crippen LogP) is 5.18. The van der Waals surface area contributed by atoms with Gasteiger partial charge in [-0.3, -0.25) is 0 Å². The maximum absolute atomic E-state index is 12.9. The van der Waals surface area contributed by atoms with Crippen LogP contribution in [0, 0.1) is 0 Å². The Morgan fingerprint density at radius 2 is 0.568 bits per heavy atom. The molecule has 0 aromatic heterocycles. The lowest BCUT2D eigenvalue weighted by atomic mass is 10.1. The zero-order valence-corrected chi connectivity index (χ0v) is 25.3. The van der Waals surface area contributed by atoms with Gasteiger partial charge in [-0.25, -0.2) is 28.8 Å². The van der Waals surface area contributed by atoms with Crippen molar-refractivity contribution in [3.8, 4) is 28.7 Å². The van der Waals surface area contributed by atoms with Crippen molar-refractivity contribution in [3.05, 3.63) is 85.1 Å². The summed E-state index contributed by atoms with van der Waals surface area (Å²) in [5, 5.41) is 0. The van der Waals surface area contributed by atoms with E-state index in [0.29, 0.717) is 0 Å². The Kier molecular flexibility index (Phi) is 12.3. The highest BCUT2D eigenvalue weighted by atomic mass is 16.6. The highest BCUT2D eigenvalue weighted by Crippen LogP contribution is 2.56. The van der Waals surface area contributed by atoms with Crippen molar-refractivity contribution in [2.45, 2.75) is 41.5 Å². The average Bonchev–Trinajstić information content (AvgIpc) is 2.91. The van der Waals surface area contributed by atoms with E-state index in [9.17, 15) is 28.8 Å². The summed E-state index contributed by atoms with van der Waals surface area (Å²) in [5.41, 5.74) is -1.72. The summed E-state index contributed by atoms with van der Waals surface area (Å²) in [7, 11) is 0. The second-order valence-corrected chi connectivity index (χ2v) is 9.46. The van der Waals surface area contributed by atoms with Crippen molar-refractivity contribution >= 4 is 41.6 Å². The van der Waals surface area contributed by atoms with Crippen LogP contribution in [0.3, 0.4) is 0 Å². The van der Waals surface area contributed by atoms with Gasteiger partial charge in [-0.05, 0) is 41.5 Å². The van der Waals surface area contributed by atoms with E-state index in [-0.39, 0.29) is 33.4 Å². The van der Waals surface area contributed by atoms with Crippen molar-refractivity contribution in [1.29, 1.82) is 0 Å². The molecule has 0 fully saturated rings. The molecule has 44 heavy (non-hydrogen) atoms. The lowest BCUT2D eigenvalue weighted by Gasteiger charge is -2.24. The number of carbonyl (C=O) groups excluding carboxylic acids is 6. The quantitative estimate of drug-likeness (QED) is 0.125. The van der Waals surface area contributed by atoms with Gasteiger partial charge >= 0.3 is 35.8 Å². The molecule has 232 valence electrons.